The van der Waals surface area contributed by atoms with Gasteiger partial charge in [-0.3, -0.25) is 4.79 Å². The second-order valence-corrected chi connectivity index (χ2v) is 9.95. The first kappa shape index (κ1) is 23.6. The van der Waals surface area contributed by atoms with E-state index in [0.717, 1.165) is 44.1 Å². The molecule has 0 aliphatic heterocycles. The predicted octanol–water partition coefficient (Wildman–Crippen LogP) is 3.62. The summed E-state index contributed by atoms with van der Waals surface area (Å²) in [5.41, 5.74) is 0. The van der Waals surface area contributed by atoms with E-state index >= 15 is 0 Å². The van der Waals surface area contributed by atoms with Gasteiger partial charge in [-0.25, -0.2) is 17.9 Å². The summed E-state index contributed by atoms with van der Waals surface area (Å²) in [5, 5.41) is 0. The van der Waals surface area contributed by atoms with E-state index in [-0.39, 0.29) is 12.5 Å². The van der Waals surface area contributed by atoms with Crippen molar-refractivity contribution in [1.82, 2.24) is 4.72 Å². The quantitative estimate of drug-likeness (QED) is 0.352. The molecule has 6 nitrogen and oxygen atoms in total. The third-order valence-corrected chi connectivity index (χ3v) is 6.13. The Kier molecular flexibility index (Phi) is 13.6. The SMILES string of the molecule is CCCC(CCC)C(=O)CCCSSCCOC(=O)NS(C)(=O)=O. The van der Waals surface area contributed by atoms with E-state index in [1.807, 2.05) is 0 Å². The fraction of sp³-hybridized carbons (Fsp3) is 0.867. The first-order chi connectivity index (χ1) is 11.3. The van der Waals surface area contributed by atoms with Gasteiger partial charge in [-0.2, -0.15) is 0 Å². The Morgan fingerprint density at radius 2 is 1.67 bits per heavy atom. The van der Waals surface area contributed by atoms with Gasteiger partial charge in [0.2, 0.25) is 10.0 Å². The third-order valence-electron chi connectivity index (χ3n) is 3.13. The standard InChI is InChI=1S/C15H29NO5S3/c1-4-7-13(8-5-2)14(17)9-6-11-22-23-12-10-21-15(18)16-24(3,19)20/h13H,4-12H2,1-3H3,(H,16,18). The van der Waals surface area contributed by atoms with E-state index in [9.17, 15) is 18.0 Å². The van der Waals surface area contributed by atoms with Gasteiger partial charge in [-0.05, 0) is 19.3 Å². The van der Waals surface area contributed by atoms with Crippen molar-refractivity contribution in [2.45, 2.75) is 52.4 Å². The zero-order valence-electron chi connectivity index (χ0n) is 14.7. The van der Waals surface area contributed by atoms with Crippen LogP contribution in [-0.2, 0) is 19.6 Å². The molecule has 0 aromatic carbocycles. The summed E-state index contributed by atoms with van der Waals surface area (Å²) in [7, 11) is -0.393. The lowest BCUT2D eigenvalue weighted by atomic mass is 9.91. The molecule has 0 heterocycles. The minimum Gasteiger partial charge on any atom is -0.448 e. The molecule has 9 heteroatoms. The van der Waals surface area contributed by atoms with E-state index in [2.05, 4.69) is 13.8 Å². The van der Waals surface area contributed by atoms with Gasteiger partial charge in [0, 0.05) is 23.8 Å². The molecular formula is C15H29NO5S3. The summed E-state index contributed by atoms with van der Waals surface area (Å²) in [6.07, 6.45) is 5.50. The van der Waals surface area contributed by atoms with Crippen LogP contribution in [0.25, 0.3) is 0 Å². The lowest BCUT2D eigenvalue weighted by Gasteiger charge is -2.13. The topological polar surface area (TPSA) is 89.5 Å². The average Bonchev–Trinajstić information content (AvgIpc) is 2.47. The smallest absolute Gasteiger partial charge is 0.420 e. The van der Waals surface area contributed by atoms with Crippen molar-refractivity contribution < 1.29 is 22.7 Å². The van der Waals surface area contributed by atoms with Crippen LogP contribution in [0.15, 0.2) is 0 Å². The van der Waals surface area contributed by atoms with Crippen molar-refractivity contribution in [3.05, 3.63) is 0 Å². The molecule has 1 amide bonds. The minimum atomic E-state index is -3.57. The second-order valence-electron chi connectivity index (χ2n) is 5.50. The Morgan fingerprint density at radius 1 is 1.08 bits per heavy atom. The highest BCUT2D eigenvalue weighted by Crippen LogP contribution is 2.23. The lowest BCUT2D eigenvalue weighted by molar-refractivity contribution is -0.123. The van der Waals surface area contributed by atoms with Gasteiger partial charge in [-0.15, -0.1) is 0 Å². The molecular weight excluding hydrogens is 370 g/mol. The summed E-state index contributed by atoms with van der Waals surface area (Å²) < 4.78 is 28.0. The highest BCUT2D eigenvalue weighted by molar-refractivity contribution is 8.76. The maximum absolute atomic E-state index is 12.1. The van der Waals surface area contributed by atoms with Gasteiger partial charge in [0.05, 0.1) is 6.26 Å². The monoisotopic (exact) mass is 399 g/mol. The predicted molar refractivity (Wildman–Crippen MR) is 102 cm³/mol. The molecule has 0 saturated heterocycles. The van der Waals surface area contributed by atoms with Crippen LogP contribution in [0.2, 0.25) is 0 Å². The van der Waals surface area contributed by atoms with Crippen LogP contribution in [-0.4, -0.2) is 44.7 Å². The number of hydrogen-bond acceptors (Lipinski definition) is 7. The maximum Gasteiger partial charge on any atom is 0.420 e. The van der Waals surface area contributed by atoms with Crippen molar-refractivity contribution in [1.29, 1.82) is 0 Å². The molecule has 0 aliphatic rings. The van der Waals surface area contributed by atoms with E-state index in [1.54, 1.807) is 26.3 Å². The molecule has 0 saturated carbocycles. The molecule has 0 rings (SSSR count). The lowest BCUT2D eigenvalue weighted by Crippen LogP contribution is -2.30. The van der Waals surface area contributed by atoms with Gasteiger partial charge in [0.1, 0.15) is 12.4 Å². The molecule has 0 bridgehead atoms. The molecule has 0 unspecified atom stereocenters. The van der Waals surface area contributed by atoms with Crippen LogP contribution in [0.1, 0.15) is 52.4 Å². The van der Waals surface area contributed by atoms with Crippen LogP contribution in [0.3, 0.4) is 0 Å². The largest absolute Gasteiger partial charge is 0.448 e. The third kappa shape index (κ3) is 14.0. The number of amides is 1. The zero-order valence-corrected chi connectivity index (χ0v) is 17.2. The van der Waals surface area contributed by atoms with E-state index < -0.39 is 16.1 Å². The van der Waals surface area contributed by atoms with Crippen LogP contribution in [0.5, 0.6) is 0 Å². The first-order valence-corrected chi connectivity index (χ1v) is 12.6. The summed E-state index contributed by atoms with van der Waals surface area (Å²) in [4.78, 5) is 23.2. The zero-order chi connectivity index (χ0) is 18.4. The van der Waals surface area contributed by atoms with Gasteiger partial charge < -0.3 is 4.74 Å². The molecule has 142 valence electrons. The maximum atomic E-state index is 12.1. The molecule has 24 heavy (non-hydrogen) atoms. The molecule has 0 atom stereocenters. The molecule has 0 radical (unpaired) electrons. The van der Waals surface area contributed by atoms with Gasteiger partial charge in [0.15, 0.2) is 0 Å². The van der Waals surface area contributed by atoms with Crippen molar-refractivity contribution in [2.24, 2.45) is 5.92 Å². The van der Waals surface area contributed by atoms with Gasteiger partial charge in [-0.1, -0.05) is 48.3 Å². The van der Waals surface area contributed by atoms with Crippen molar-refractivity contribution in [3.8, 4) is 0 Å². The van der Waals surface area contributed by atoms with Crippen molar-refractivity contribution in [2.75, 3.05) is 24.4 Å². The number of Topliss-reactive ketones (excluding diaryl/α,β-unsaturated/α-hetero) is 1. The Labute approximate surface area is 153 Å². The normalized spacial score (nSPS) is 11.5. The molecule has 0 fully saturated rings. The number of ketones is 1. The molecule has 0 aromatic heterocycles. The van der Waals surface area contributed by atoms with Crippen molar-refractivity contribution in [3.63, 3.8) is 0 Å². The van der Waals surface area contributed by atoms with Crippen LogP contribution >= 0.6 is 21.6 Å². The van der Waals surface area contributed by atoms with Crippen LogP contribution < -0.4 is 4.72 Å². The highest BCUT2D eigenvalue weighted by Gasteiger charge is 2.15. The van der Waals surface area contributed by atoms with Crippen molar-refractivity contribution >= 4 is 43.5 Å². The molecule has 0 aromatic rings. The Bertz CT molecular complexity index is 462. The van der Waals surface area contributed by atoms with E-state index in [4.69, 9.17) is 4.74 Å². The Morgan fingerprint density at radius 3 is 2.21 bits per heavy atom. The summed E-state index contributed by atoms with van der Waals surface area (Å²) in [6.45, 7) is 4.37. The number of ether oxygens (including phenoxy) is 1. The summed E-state index contributed by atoms with van der Waals surface area (Å²) >= 11 is 0. The molecule has 0 spiro atoms. The fourth-order valence-electron chi connectivity index (χ4n) is 2.14. The van der Waals surface area contributed by atoms with Gasteiger partial charge in [0.25, 0.3) is 0 Å². The fourth-order valence-corrected chi connectivity index (χ4v) is 4.42. The Balaban J connectivity index is 3.63. The number of carbonyl (C=O) groups excluding carboxylic acids is 2. The number of sulfonamides is 1. The molecule has 1 N–H and O–H groups in total. The summed E-state index contributed by atoms with van der Waals surface area (Å²) in [5.74, 6) is 2.05. The van der Waals surface area contributed by atoms with E-state index in [0.29, 0.717) is 18.0 Å². The summed E-state index contributed by atoms with van der Waals surface area (Å²) in [6, 6.07) is 0. The van der Waals surface area contributed by atoms with Crippen LogP contribution in [0, 0.1) is 5.92 Å². The number of carbonyl (C=O) groups is 2. The highest BCUT2D eigenvalue weighted by atomic mass is 33.1. The second kappa shape index (κ2) is 13.8. The average molecular weight is 400 g/mol. The van der Waals surface area contributed by atoms with Gasteiger partial charge >= 0.3 is 6.09 Å². The number of hydrogen-bond donors (Lipinski definition) is 1. The minimum absolute atomic E-state index is 0.146. The molecule has 0 aliphatic carbocycles. The first-order valence-electron chi connectivity index (χ1n) is 8.21. The Hall–Kier alpha value is -0.410. The van der Waals surface area contributed by atoms with E-state index in [1.165, 1.54) is 0 Å². The number of nitrogens with one attached hydrogen (secondary N) is 1. The number of rotatable bonds is 14. The van der Waals surface area contributed by atoms with Crippen LogP contribution in [0.4, 0.5) is 4.79 Å².